The fourth-order valence-corrected chi connectivity index (χ4v) is 9.29. The summed E-state index contributed by atoms with van der Waals surface area (Å²) in [5.41, 5.74) is 0. The highest BCUT2D eigenvalue weighted by molar-refractivity contribution is 4.95. The number of hydrogen-bond acceptors (Lipinski definition) is 0. The van der Waals surface area contributed by atoms with Crippen molar-refractivity contribution in [1.29, 1.82) is 0 Å². The molecule has 0 heterocycles. The minimum absolute atomic E-state index is 0.0224. The zero-order chi connectivity index (χ0) is 26.2. The molecule has 0 aromatic rings. The first-order chi connectivity index (χ1) is 18.0. The molecule has 0 amide bonds. The molecule has 7 unspecified atom stereocenters. The van der Waals surface area contributed by atoms with E-state index in [2.05, 4.69) is 13.8 Å². The summed E-state index contributed by atoms with van der Waals surface area (Å²) in [5.74, 6) is 3.18. The van der Waals surface area contributed by atoms with E-state index < -0.39 is 18.5 Å². The molecule has 3 heteroatoms. The van der Waals surface area contributed by atoms with Crippen LogP contribution >= 0.6 is 0 Å². The Morgan fingerprint density at radius 3 is 1.54 bits per heavy atom. The summed E-state index contributed by atoms with van der Waals surface area (Å²) in [6.45, 7) is 4.39. The molecule has 0 aromatic carbocycles. The third-order valence-corrected chi connectivity index (χ3v) is 11.9. The Hall–Kier alpha value is -0.210. The Balaban J connectivity index is 1.14. The number of alkyl halides is 3. The van der Waals surface area contributed by atoms with Crippen molar-refractivity contribution in [2.45, 2.75) is 167 Å². The van der Waals surface area contributed by atoms with Gasteiger partial charge in [0, 0.05) is 0 Å². The number of hydrogen-bond donors (Lipinski definition) is 0. The van der Waals surface area contributed by atoms with E-state index in [0.717, 1.165) is 69.6 Å². The van der Waals surface area contributed by atoms with Gasteiger partial charge in [0.15, 0.2) is 0 Å². The summed E-state index contributed by atoms with van der Waals surface area (Å²) >= 11 is 0. The first-order valence-corrected chi connectivity index (χ1v) is 16.9. The molecule has 0 spiro atoms. The minimum atomic E-state index is -1.23. The van der Waals surface area contributed by atoms with E-state index in [1.807, 2.05) is 0 Å². The predicted molar refractivity (Wildman–Crippen MR) is 151 cm³/mol. The summed E-state index contributed by atoms with van der Waals surface area (Å²) in [5, 5.41) is 0. The zero-order valence-electron chi connectivity index (χ0n) is 24.3. The lowest BCUT2D eigenvalue weighted by Crippen LogP contribution is -2.45. The SMILES string of the molecule is CCCCCCC1CCC(C2CCC(C3CCC(CCC4CCC(CC)C(F)C4)CC3)C(F)C2F)CC1. The van der Waals surface area contributed by atoms with Crippen LogP contribution in [0, 0.1) is 47.3 Å². The van der Waals surface area contributed by atoms with Crippen LogP contribution in [0.25, 0.3) is 0 Å². The van der Waals surface area contributed by atoms with Gasteiger partial charge in [0.05, 0.1) is 0 Å². The molecule has 37 heavy (non-hydrogen) atoms. The molecule has 4 aliphatic rings. The van der Waals surface area contributed by atoms with E-state index >= 15 is 8.78 Å². The summed E-state index contributed by atoms with van der Waals surface area (Å²) < 4.78 is 45.4. The topological polar surface area (TPSA) is 0 Å². The highest BCUT2D eigenvalue weighted by Crippen LogP contribution is 2.49. The number of rotatable bonds is 11. The number of halogens is 3. The van der Waals surface area contributed by atoms with Gasteiger partial charge in [-0.15, -0.1) is 0 Å². The molecular weight excluding hydrogens is 465 g/mol. The molecule has 0 bridgehead atoms. The van der Waals surface area contributed by atoms with Crippen LogP contribution in [0.5, 0.6) is 0 Å². The van der Waals surface area contributed by atoms with Crippen LogP contribution in [-0.2, 0) is 0 Å². The number of unbranched alkanes of at least 4 members (excludes halogenated alkanes) is 3. The van der Waals surface area contributed by atoms with Crippen molar-refractivity contribution < 1.29 is 13.2 Å². The lowest BCUT2D eigenvalue weighted by Gasteiger charge is -2.45. The fourth-order valence-electron chi connectivity index (χ4n) is 9.29. The van der Waals surface area contributed by atoms with Crippen molar-refractivity contribution in [1.82, 2.24) is 0 Å². The summed E-state index contributed by atoms with van der Waals surface area (Å²) in [7, 11) is 0. The third kappa shape index (κ3) is 8.15. The minimum Gasteiger partial charge on any atom is -0.247 e. The zero-order valence-corrected chi connectivity index (χ0v) is 24.3. The Bertz CT molecular complexity index is 621. The van der Waals surface area contributed by atoms with E-state index in [9.17, 15) is 4.39 Å². The largest absolute Gasteiger partial charge is 0.247 e. The molecule has 4 aliphatic carbocycles. The Labute approximate surface area is 227 Å². The normalized spacial score (nSPS) is 43.5. The Morgan fingerprint density at radius 2 is 1.03 bits per heavy atom. The molecule has 0 aliphatic heterocycles. The second kappa shape index (κ2) is 15.0. The molecule has 0 N–H and O–H groups in total. The van der Waals surface area contributed by atoms with Gasteiger partial charge in [0.25, 0.3) is 0 Å². The molecule has 0 aromatic heterocycles. The molecule has 0 nitrogen and oxygen atoms in total. The van der Waals surface area contributed by atoms with E-state index in [1.165, 1.54) is 77.0 Å². The molecular formula is C34H59F3. The maximum atomic E-state index is 15.5. The molecule has 0 radical (unpaired) electrons. The van der Waals surface area contributed by atoms with E-state index in [1.54, 1.807) is 0 Å². The maximum absolute atomic E-state index is 15.5. The molecule has 4 saturated carbocycles. The van der Waals surface area contributed by atoms with Crippen LogP contribution in [0.4, 0.5) is 13.2 Å². The quantitative estimate of drug-likeness (QED) is 0.236. The fraction of sp³-hybridized carbons (Fsp3) is 1.00. The second-order valence-corrected chi connectivity index (χ2v) is 14.1. The van der Waals surface area contributed by atoms with Crippen LogP contribution in [0.2, 0.25) is 0 Å². The van der Waals surface area contributed by atoms with Crippen LogP contribution in [0.15, 0.2) is 0 Å². The van der Waals surface area contributed by atoms with Gasteiger partial charge in [-0.2, -0.15) is 0 Å². The smallest absolute Gasteiger partial charge is 0.134 e. The van der Waals surface area contributed by atoms with Gasteiger partial charge >= 0.3 is 0 Å². The first-order valence-electron chi connectivity index (χ1n) is 16.9. The van der Waals surface area contributed by atoms with Gasteiger partial charge in [0.2, 0.25) is 0 Å². The molecule has 216 valence electrons. The highest BCUT2D eigenvalue weighted by atomic mass is 19.2. The monoisotopic (exact) mass is 524 g/mol. The first kappa shape index (κ1) is 29.8. The molecule has 4 rings (SSSR count). The van der Waals surface area contributed by atoms with E-state index in [4.69, 9.17) is 0 Å². The van der Waals surface area contributed by atoms with Crippen molar-refractivity contribution in [3.63, 3.8) is 0 Å². The van der Waals surface area contributed by atoms with Crippen molar-refractivity contribution in [3.8, 4) is 0 Å². The molecule has 4 fully saturated rings. The van der Waals surface area contributed by atoms with Crippen LogP contribution in [0.3, 0.4) is 0 Å². The van der Waals surface area contributed by atoms with Crippen LogP contribution < -0.4 is 0 Å². The van der Waals surface area contributed by atoms with E-state index in [-0.39, 0.29) is 11.8 Å². The molecule has 0 saturated heterocycles. The highest BCUT2D eigenvalue weighted by Gasteiger charge is 2.46. The van der Waals surface area contributed by atoms with Gasteiger partial charge in [0.1, 0.15) is 18.5 Å². The summed E-state index contributed by atoms with van der Waals surface area (Å²) in [6.07, 6.45) is 21.2. The van der Waals surface area contributed by atoms with Gasteiger partial charge in [-0.25, -0.2) is 13.2 Å². The average Bonchev–Trinajstić information content (AvgIpc) is 2.92. The van der Waals surface area contributed by atoms with Gasteiger partial charge < -0.3 is 0 Å². The van der Waals surface area contributed by atoms with Crippen LogP contribution in [-0.4, -0.2) is 18.5 Å². The average molecular weight is 525 g/mol. The predicted octanol–water partition coefficient (Wildman–Crippen LogP) is 11.2. The lowest BCUT2D eigenvalue weighted by molar-refractivity contribution is -0.0372. The van der Waals surface area contributed by atoms with Gasteiger partial charge in [-0.05, 0) is 105 Å². The van der Waals surface area contributed by atoms with Crippen molar-refractivity contribution in [2.75, 3.05) is 0 Å². The van der Waals surface area contributed by atoms with Crippen molar-refractivity contribution in [2.24, 2.45) is 47.3 Å². The van der Waals surface area contributed by atoms with Gasteiger partial charge in [-0.1, -0.05) is 90.9 Å². The Kier molecular flexibility index (Phi) is 12.0. The lowest BCUT2D eigenvalue weighted by atomic mass is 9.63. The summed E-state index contributed by atoms with van der Waals surface area (Å²) in [4.78, 5) is 0. The van der Waals surface area contributed by atoms with Gasteiger partial charge in [-0.3, -0.25) is 0 Å². The third-order valence-electron chi connectivity index (χ3n) is 11.9. The standard InChI is InChI=1S/C34H59F3/c1-3-5-6-7-8-24-11-17-28(18-12-24)30-21-22-31(34(37)33(30)36)29-19-13-25(14-20-29)9-10-26-15-16-27(4-2)32(35)23-26/h24-34H,3-23H2,1-2H3. The van der Waals surface area contributed by atoms with E-state index in [0.29, 0.717) is 23.7 Å². The Morgan fingerprint density at radius 1 is 0.514 bits per heavy atom. The van der Waals surface area contributed by atoms with Crippen molar-refractivity contribution in [3.05, 3.63) is 0 Å². The van der Waals surface area contributed by atoms with Crippen LogP contribution in [0.1, 0.15) is 149 Å². The second-order valence-electron chi connectivity index (χ2n) is 14.1. The maximum Gasteiger partial charge on any atom is 0.134 e. The molecule has 7 atom stereocenters. The van der Waals surface area contributed by atoms with Crippen molar-refractivity contribution >= 4 is 0 Å². The summed E-state index contributed by atoms with van der Waals surface area (Å²) in [6, 6.07) is 0.